The van der Waals surface area contributed by atoms with Crippen LogP contribution in [0.25, 0.3) is 11.3 Å². The lowest BCUT2D eigenvalue weighted by Crippen LogP contribution is -2.10. The third-order valence-corrected chi connectivity index (χ3v) is 3.63. The third-order valence-electron chi connectivity index (χ3n) is 2.80. The summed E-state index contributed by atoms with van der Waals surface area (Å²) in [7, 11) is 0. The van der Waals surface area contributed by atoms with E-state index in [9.17, 15) is 9.18 Å². The van der Waals surface area contributed by atoms with Gasteiger partial charge in [-0.25, -0.2) is 9.37 Å². The zero-order valence-corrected chi connectivity index (χ0v) is 11.9. The van der Waals surface area contributed by atoms with Crippen molar-refractivity contribution in [2.24, 2.45) is 0 Å². The summed E-state index contributed by atoms with van der Waals surface area (Å²) in [6, 6.07) is 9.13. The van der Waals surface area contributed by atoms with Crippen molar-refractivity contribution in [3.63, 3.8) is 0 Å². The first-order chi connectivity index (χ1) is 10.1. The Balaban J connectivity index is 1.78. The maximum atomic E-state index is 12.9. The molecule has 0 unspecified atom stereocenters. The standard InChI is InChI=1S/C15H11FN2O2S/c1-9-8-17-15(21-9)18-14(19)13-7-6-12(20-13)10-2-4-11(16)5-3-10/h2-8H,1H3,(H,17,18,19). The number of carbonyl (C=O) groups is 1. The molecule has 21 heavy (non-hydrogen) atoms. The molecule has 1 N–H and O–H groups in total. The van der Waals surface area contributed by atoms with Crippen molar-refractivity contribution >= 4 is 22.4 Å². The molecule has 0 saturated carbocycles. The molecule has 1 amide bonds. The first-order valence-corrected chi connectivity index (χ1v) is 7.03. The molecule has 0 saturated heterocycles. The van der Waals surface area contributed by atoms with E-state index in [-0.39, 0.29) is 17.5 Å². The fourth-order valence-corrected chi connectivity index (χ4v) is 2.46. The van der Waals surface area contributed by atoms with Gasteiger partial charge in [-0.3, -0.25) is 10.1 Å². The van der Waals surface area contributed by atoms with Gasteiger partial charge in [-0.05, 0) is 43.3 Å². The normalized spacial score (nSPS) is 10.6. The first kappa shape index (κ1) is 13.5. The number of hydrogen-bond donors (Lipinski definition) is 1. The molecule has 1 aromatic carbocycles. The molecular weight excluding hydrogens is 291 g/mol. The molecular formula is C15H11FN2O2S. The van der Waals surface area contributed by atoms with Crippen LogP contribution in [-0.4, -0.2) is 10.9 Å². The highest BCUT2D eigenvalue weighted by Crippen LogP contribution is 2.23. The fraction of sp³-hybridized carbons (Fsp3) is 0.0667. The van der Waals surface area contributed by atoms with Gasteiger partial charge in [-0.15, -0.1) is 11.3 Å². The van der Waals surface area contributed by atoms with Crippen LogP contribution in [-0.2, 0) is 0 Å². The van der Waals surface area contributed by atoms with Gasteiger partial charge in [0, 0.05) is 16.6 Å². The number of aryl methyl sites for hydroxylation is 1. The van der Waals surface area contributed by atoms with Crippen molar-refractivity contribution in [3.8, 4) is 11.3 Å². The van der Waals surface area contributed by atoms with Crippen molar-refractivity contribution in [2.75, 3.05) is 5.32 Å². The van der Waals surface area contributed by atoms with E-state index in [0.717, 1.165) is 4.88 Å². The summed E-state index contributed by atoms with van der Waals surface area (Å²) in [6.07, 6.45) is 1.69. The molecule has 0 atom stereocenters. The van der Waals surface area contributed by atoms with Crippen molar-refractivity contribution in [2.45, 2.75) is 6.92 Å². The van der Waals surface area contributed by atoms with E-state index in [1.165, 1.54) is 23.5 Å². The summed E-state index contributed by atoms with van der Waals surface area (Å²) >= 11 is 1.39. The zero-order valence-electron chi connectivity index (χ0n) is 11.1. The number of nitrogens with zero attached hydrogens (tertiary/aromatic N) is 1. The number of aromatic nitrogens is 1. The van der Waals surface area contributed by atoms with Crippen molar-refractivity contribution in [1.82, 2.24) is 4.98 Å². The Bertz CT molecular complexity index is 777. The van der Waals surface area contributed by atoms with E-state index in [1.54, 1.807) is 30.5 Å². The van der Waals surface area contributed by atoms with Gasteiger partial charge in [-0.2, -0.15) is 0 Å². The number of thiazole rings is 1. The van der Waals surface area contributed by atoms with Crippen LogP contribution < -0.4 is 5.32 Å². The largest absolute Gasteiger partial charge is 0.451 e. The first-order valence-electron chi connectivity index (χ1n) is 6.21. The second kappa shape index (κ2) is 5.49. The number of furan rings is 1. The lowest BCUT2D eigenvalue weighted by molar-refractivity contribution is 0.0997. The van der Waals surface area contributed by atoms with Crippen molar-refractivity contribution < 1.29 is 13.6 Å². The van der Waals surface area contributed by atoms with Crippen LogP contribution in [0.5, 0.6) is 0 Å². The molecule has 2 aromatic heterocycles. The minimum Gasteiger partial charge on any atom is -0.451 e. The van der Waals surface area contributed by atoms with Crippen LogP contribution in [0.3, 0.4) is 0 Å². The Kier molecular flexibility index (Phi) is 3.53. The average molecular weight is 302 g/mol. The summed E-state index contributed by atoms with van der Waals surface area (Å²) < 4.78 is 18.4. The molecule has 0 bridgehead atoms. The number of amides is 1. The number of nitrogens with one attached hydrogen (secondary N) is 1. The number of benzene rings is 1. The van der Waals surface area contributed by atoms with Crippen molar-refractivity contribution in [3.05, 3.63) is 59.0 Å². The van der Waals surface area contributed by atoms with Gasteiger partial charge in [0.05, 0.1) is 0 Å². The SMILES string of the molecule is Cc1cnc(NC(=O)c2ccc(-c3ccc(F)cc3)o2)s1. The van der Waals surface area contributed by atoms with E-state index >= 15 is 0 Å². The second-order valence-corrected chi connectivity index (χ2v) is 5.64. The van der Waals surface area contributed by atoms with E-state index < -0.39 is 0 Å². The smallest absolute Gasteiger partial charge is 0.293 e. The molecule has 3 aromatic rings. The molecule has 0 aliphatic heterocycles. The van der Waals surface area contributed by atoms with Crippen LogP contribution in [0.4, 0.5) is 9.52 Å². The predicted octanol–water partition coefficient (Wildman–Crippen LogP) is 4.10. The Morgan fingerprint density at radius 1 is 1.24 bits per heavy atom. The molecule has 0 spiro atoms. The highest BCUT2D eigenvalue weighted by Gasteiger charge is 2.13. The molecule has 106 valence electrons. The number of halogens is 1. The highest BCUT2D eigenvalue weighted by atomic mass is 32.1. The molecule has 6 heteroatoms. The second-order valence-electron chi connectivity index (χ2n) is 4.40. The Hall–Kier alpha value is -2.47. The van der Waals surface area contributed by atoms with E-state index in [1.807, 2.05) is 6.92 Å². The van der Waals surface area contributed by atoms with Gasteiger partial charge in [-0.1, -0.05) is 0 Å². The molecule has 3 rings (SSSR count). The van der Waals surface area contributed by atoms with Gasteiger partial charge >= 0.3 is 0 Å². The van der Waals surface area contributed by atoms with E-state index in [0.29, 0.717) is 16.5 Å². The summed E-state index contributed by atoms with van der Waals surface area (Å²) in [5.74, 6) is 0.0118. The van der Waals surface area contributed by atoms with Crippen LogP contribution >= 0.6 is 11.3 Å². The van der Waals surface area contributed by atoms with Crippen molar-refractivity contribution in [1.29, 1.82) is 0 Å². The predicted molar refractivity (Wildman–Crippen MR) is 78.9 cm³/mol. The molecule has 0 aliphatic carbocycles. The van der Waals surface area contributed by atoms with Gasteiger partial charge in [0.15, 0.2) is 10.9 Å². The minimum atomic E-state index is -0.363. The Morgan fingerprint density at radius 3 is 2.67 bits per heavy atom. The average Bonchev–Trinajstić information content (AvgIpc) is 3.09. The molecule has 0 radical (unpaired) electrons. The van der Waals surface area contributed by atoms with Gasteiger partial charge in [0.25, 0.3) is 5.91 Å². The summed E-state index contributed by atoms with van der Waals surface area (Å²) in [4.78, 5) is 17.1. The number of hydrogen-bond acceptors (Lipinski definition) is 4. The monoisotopic (exact) mass is 302 g/mol. The number of carbonyl (C=O) groups excluding carboxylic acids is 1. The molecule has 4 nitrogen and oxygen atoms in total. The van der Waals surface area contributed by atoms with Gasteiger partial charge in [0.2, 0.25) is 0 Å². The van der Waals surface area contributed by atoms with E-state index in [4.69, 9.17) is 4.42 Å². The summed E-state index contributed by atoms with van der Waals surface area (Å²) in [5.41, 5.74) is 0.709. The summed E-state index contributed by atoms with van der Waals surface area (Å²) in [5, 5.41) is 3.19. The highest BCUT2D eigenvalue weighted by molar-refractivity contribution is 7.15. The van der Waals surface area contributed by atoms with Crippen LogP contribution in [0.15, 0.2) is 47.0 Å². The zero-order chi connectivity index (χ0) is 14.8. The maximum absolute atomic E-state index is 12.9. The van der Waals surface area contributed by atoms with E-state index in [2.05, 4.69) is 10.3 Å². The quantitative estimate of drug-likeness (QED) is 0.792. The van der Waals surface area contributed by atoms with Gasteiger partial charge < -0.3 is 4.42 Å². The molecule has 2 heterocycles. The van der Waals surface area contributed by atoms with Crippen LogP contribution in [0.2, 0.25) is 0 Å². The van der Waals surface area contributed by atoms with Gasteiger partial charge in [0.1, 0.15) is 11.6 Å². The Morgan fingerprint density at radius 2 is 2.00 bits per heavy atom. The van der Waals surface area contributed by atoms with Crippen LogP contribution in [0.1, 0.15) is 15.4 Å². The molecule has 0 aliphatic rings. The lowest BCUT2D eigenvalue weighted by atomic mass is 10.2. The molecule has 0 fully saturated rings. The fourth-order valence-electron chi connectivity index (χ4n) is 1.80. The number of anilines is 1. The maximum Gasteiger partial charge on any atom is 0.293 e. The minimum absolute atomic E-state index is 0.183. The summed E-state index contributed by atoms with van der Waals surface area (Å²) in [6.45, 7) is 1.91. The van der Waals surface area contributed by atoms with Crippen LogP contribution in [0, 0.1) is 12.7 Å². The number of rotatable bonds is 3. The Labute approximate surface area is 124 Å². The topological polar surface area (TPSA) is 55.1 Å². The lowest BCUT2D eigenvalue weighted by Gasteiger charge is -1.99. The third kappa shape index (κ3) is 3.00.